The highest BCUT2D eigenvalue weighted by molar-refractivity contribution is 6.47. The van der Waals surface area contributed by atoms with Crippen LogP contribution < -0.4 is 5.32 Å². The first-order valence-corrected chi connectivity index (χ1v) is 13.0. The second-order valence-electron chi connectivity index (χ2n) is 9.27. The Morgan fingerprint density at radius 3 is 2.51 bits per heavy atom. The van der Waals surface area contributed by atoms with E-state index in [1.54, 1.807) is 37.4 Å². The molecule has 1 saturated carbocycles. The largest absolute Gasteiger partial charge is 0.481 e. The lowest BCUT2D eigenvalue weighted by Gasteiger charge is -2.44. The highest BCUT2D eigenvalue weighted by Gasteiger charge is 2.53. The van der Waals surface area contributed by atoms with E-state index < -0.39 is 11.6 Å². The first-order chi connectivity index (χ1) is 17.7. The van der Waals surface area contributed by atoms with Crippen LogP contribution in [0, 0.1) is 0 Å². The van der Waals surface area contributed by atoms with E-state index in [4.69, 9.17) is 38.0 Å². The Balaban J connectivity index is 1.53. The first-order valence-electron chi connectivity index (χ1n) is 12.2. The maximum atomic E-state index is 13.7. The summed E-state index contributed by atoms with van der Waals surface area (Å²) in [5, 5.41) is 12.2. The van der Waals surface area contributed by atoms with Crippen molar-refractivity contribution in [2.45, 2.75) is 50.3 Å². The van der Waals surface area contributed by atoms with Crippen LogP contribution >= 0.6 is 23.2 Å². The average molecular weight is 546 g/mol. The molecule has 0 radical (unpaired) electrons. The molecular formula is C27H29Cl2N3O5. The molecule has 1 aliphatic carbocycles. The average Bonchev–Trinajstić information content (AvgIpc) is 3.13. The molecule has 1 fully saturated rings. The fourth-order valence-corrected chi connectivity index (χ4v) is 5.60. The second-order valence-corrected chi connectivity index (χ2v) is 10.1. The van der Waals surface area contributed by atoms with Crippen molar-refractivity contribution in [1.29, 1.82) is 0 Å². The van der Waals surface area contributed by atoms with E-state index >= 15 is 0 Å². The highest BCUT2D eigenvalue weighted by Crippen LogP contribution is 2.41. The topological polar surface area (TPSA) is 108 Å². The standard InChI is InChI=1S/C27H29Cl2N3O5/c1-37-22-4-2-3-11-27(22)31-24(19-14-20(28)16-21(29)15-19)26(36)32(27)13-10-17-5-7-18(8-6-17)25(35)30-12-9-23(33)34/h5-8,14-16,22H,2-4,9-13H2,1H3,(H,30,35)(H,33,34). The van der Waals surface area contributed by atoms with Gasteiger partial charge in [0, 0.05) is 41.4 Å². The van der Waals surface area contributed by atoms with Gasteiger partial charge in [0.05, 0.1) is 6.42 Å². The van der Waals surface area contributed by atoms with Crippen molar-refractivity contribution >= 4 is 46.7 Å². The molecule has 2 unspecified atom stereocenters. The van der Waals surface area contributed by atoms with E-state index in [0.717, 1.165) is 24.8 Å². The molecule has 1 aliphatic heterocycles. The van der Waals surface area contributed by atoms with Gasteiger partial charge in [-0.25, -0.2) is 4.99 Å². The van der Waals surface area contributed by atoms with Crippen molar-refractivity contribution in [3.63, 3.8) is 0 Å². The van der Waals surface area contributed by atoms with Crippen LogP contribution in [-0.2, 0) is 20.7 Å². The number of hydrogen-bond donors (Lipinski definition) is 2. The summed E-state index contributed by atoms with van der Waals surface area (Å²) in [6.07, 6.45) is 3.64. The number of carboxylic acids is 1. The minimum Gasteiger partial charge on any atom is -0.481 e. The maximum absolute atomic E-state index is 13.7. The summed E-state index contributed by atoms with van der Waals surface area (Å²) in [7, 11) is 1.66. The van der Waals surface area contributed by atoms with Gasteiger partial charge in [0.1, 0.15) is 11.8 Å². The molecule has 2 N–H and O–H groups in total. The van der Waals surface area contributed by atoms with Gasteiger partial charge < -0.3 is 20.1 Å². The third kappa shape index (κ3) is 5.98. The molecule has 0 aromatic heterocycles. The van der Waals surface area contributed by atoms with Gasteiger partial charge in [-0.3, -0.25) is 14.4 Å². The Morgan fingerprint density at radius 1 is 1.16 bits per heavy atom. The van der Waals surface area contributed by atoms with Crippen molar-refractivity contribution < 1.29 is 24.2 Å². The number of nitrogens with zero attached hydrogens (tertiary/aromatic N) is 2. The molecule has 37 heavy (non-hydrogen) atoms. The van der Waals surface area contributed by atoms with Gasteiger partial charge in [-0.15, -0.1) is 0 Å². The van der Waals surface area contributed by atoms with Crippen molar-refractivity contribution in [3.05, 3.63) is 69.2 Å². The van der Waals surface area contributed by atoms with E-state index in [1.165, 1.54) is 0 Å². The Kier molecular flexibility index (Phi) is 8.52. The van der Waals surface area contributed by atoms with Gasteiger partial charge in [-0.2, -0.15) is 0 Å². The highest BCUT2D eigenvalue weighted by atomic mass is 35.5. The van der Waals surface area contributed by atoms with Gasteiger partial charge in [0.15, 0.2) is 5.66 Å². The zero-order chi connectivity index (χ0) is 26.6. The molecule has 8 nitrogen and oxygen atoms in total. The molecule has 1 heterocycles. The quantitative estimate of drug-likeness (QED) is 0.486. The van der Waals surface area contributed by atoms with Crippen LogP contribution in [0.2, 0.25) is 10.0 Å². The smallest absolute Gasteiger partial charge is 0.305 e. The monoisotopic (exact) mass is 545 g/mol. The first kappa shape index (κ1) is 27.1. The zero-order valence-electron chi connectivity index (χ0n) is 20.5. The number of carbonyl (C=O) groups excluding carboxylic acids is 2. The number of carboxylic acid groups (broad SMARTS) is 1. The third-order valence-electron chi connectivity index (χ3n) is 6.88. The van der Waals surface area contributed by atoms with Crippen molar-refractivity contribution in [2.75, 3.05) is 20.2 Å². The lowest BCUT2D eigenvalue weighted by molar-refractivity contribution is -0.137. The summed E-state index contributed by atoms with van der Waals surface area (Å²) >= 11 is 12.4. The summed E-state index contributed by atoms with van der Waals surface area (Å²) in [5.74, 6) is -1.48. The molecule has 2 atom stereocenters. The molecule has 2 amide bonds. The number of carbonyl (C=O) groups is 3. The lowest BCUT2D eigenvalue weighted by atomic mass is 9.85. The fourth-order valence-electron chi connectivity index (χ4n) is 5.08. The number of nitrogens with one attached hydrogen (secondary N) is 1. The van der Waals surface area contributed by atoms with E-state index in [-0.39, 0.29) is 30.9 Å². The second kappa shape index (κ2) is 11.6. The summed E-state index contributed by atoms with van der Waals surface area (Å²) in [4.78, 5) is 43.4. The van der Waals surface area contributed by atoms with E-state index in [0.29, 0.717) is 46.3 Å². The minimum atomic E-state index is -0.968. The van der Waals surface area contributed by atoms with Gasteiger partial charge in [-0.05, 0) is 61.6 Å². The molecule has 0 saturated heterocycles. The number of hydrogen-bond acceptors (Lipinski definition) is 5. The number of aliphatic imine (C=N–C) groups is 1. The van der Waals surface area contributed by atoms with Crippen LogP contribution in [0.15, 0.2) is 47.5 Å². The lowest BCUT2D eigenvalue weighted by Crippen LogP contribution is -2.57. The van der Waals surface area contributed by atoms with Crippen LogP contribution in [0.25, 0.3) is 0 Å². The molecule has 2 aliphatic rings. The number of benzene rings is 2. The number of ether oxygens (including phenoxy) is 1. The molecule has 2 aromatic carbocycles. The van der Waals surface area contributed by atoms with Crippen LogP contribution in [0.4, 0.5) is 0 Å². The fraction of sp³-hybridized carbons (Fsp3) is 0.407. The van der Waals surface area contributed by atoms with Crippen LogP contribution in [0.5, 0.6) is 0 Å². The van der Waals surface area contributed by atoms with Crippen LogP contribution in [-0.4, -0.2) is 65.5 Å². The van der Waals surface area contributed by atoms with Crippen molar-refractivity contribution in [1.82, 2.24) is 10.2 Å². The molecule has 196 valence electrons. The van der Waals surface area contributed by atoms with Crippen molar-refractivity contribution in [2.24, 2.45) is 4.99 Å². The van der Waals surface area contributed by atoms with Gasteiger partial charge in [-0.1, -0.05) is 41.8 Å². The van der Waals surface area contributed by atoms with Gasteiger partial charge >= 0.3 is 5.97 Å². The van der Waals surface area contributed by atoms with E-state index in [2.05, 4.69) is 5.32 Å². The number of aliphatic carboxylic acids is 1. The summed E-state index contributed by atoms with van der Waals surface area (Å²) < 4.78 is 5.85. The molecule has 0 bridgehead atoms. The molecule has 1 spiro atoms. The molecule has 2 aromatic rings. The van der Waals surface area contributed by atoms with E-state index in [9.17, 15) is 14.4 Å². The summed E-state index contributed by atoms with van der Waals surface area (Å²) in [6.45, 7) is 0.486. The normalized spacial score (nSPS) is 21.3. The zero-order valence-corrected chi connectivity index (χ0v) is 22.0. The SMILES string of the molecule is COC1CCCCC12N=C(c1cc(Cl)cc(Cl)c1)C(=O)N2CCc1ccc(C(=O)NCCC(=O)O)cc1. The number of amides is 2. The molecule has 10 heteroatoms. The van der Waals surface area contributed by atoms with Crippen LogP contribution in [0.1, 0.15) is 53.6 Å². The molecular weight excluding hydrogens is 517 g/mol. The minimum absolute atomic E-state index is 0.0654. The molecule has 4 rings (SSSR count). The third-order valence-corrected chi connectivity index (χ3v) is 7.32. The number of rotatable bonds is 9. The maximum Gasteiger partial charge on any atom is 0.305 e. The number of halogens is 2. The van der Waals surface area contributed by atoms with E-state index in [1.807, 2.05) is 17.0 Å². The Hall–Kier alpha value is -2.94. The Labute approximate surface area is 225 Å². The predicted molar refractivity (Wildman–Crippen MR) is 141 cm³/mol. The number of methoxy groups -OCH3 is 1. The van der Waals surface area contributed by atoms with Gasteiger partial charge in [0.25, 0.3) is 11.8 Å². The summed E-state index contributed by atoms with van der Waals surface area (Å²) in [6, 6.07) is 12.1. The summed E-state index contributed by atoms with van der Waals surface area (Å²) in [5.41, 5.74) is 1.52. The predicted octanol–water partition coefficient (Wildman–Crippen LogP) is 4.36. The van der Waals surface area contributed by atoms with Crippen molar-refractivity contribution in [3.8, 4) is 0 Å². The Bertz CT molecular complexity index is 1200. The Morgan fingerprint density at radius 2 is 1.86 bits per heavy atom. The van der Waals surface area contributed by atoms with Gasteiger partial charge in [0.2, 0.25) is 0 Å². The van der Waals surface area contributed by atoms with Crippen LogP contribution in [0.3, 0.4) is 0 Å².